The molecule has 1 aliphatic rings. The fourth-order valence-electron chi connectivity index (χ4n) is 1.74. The van der Waals surface area contributed by atoms with E-state index >= 15 is 0 Å². The molecule has 0 radical (unpaired) electrons. The minimum Gasteiger partial charge on any atom is -0.330 e. The summed E-state index contributed by atoms with van der Waals surface area (Å²) in [6, 6.07) is 3.84. The summed E-state index contributed by atoms with van der Waals surface area (Å²) >= 11 is 0. The molecule has 13 heavy (non-hydrogen) atoms. The number of hydrogen-bond donors (Lipinski definition) is 1. The number of Topliss-reactive ketones (excluding diaryl/α,β-unsaturated/α-hetero) is 1. The third-order valence-electron chi connectivity index (χ3n) is 2.54. The molecule has 2 N–H and O–H groups in total. The van der Waals surface area contributed by atoms with Crippen LogP contribution in [0.25, 0.3) is 0 Å². The van der Waals surface area contributed by atoms with Crippen molar-refractivity contribution in [3.8, 4) is 0 Å². The Morgan fingerprint density at radius 3 is 3.23 bits per heavy atom. The lowest BCUT2D eigenvalue weighted by atomic mass is 9.86. The number of nitrogens with two attached hydrogens (primary N) is 1. The van der Waals surface area contributed by atoms with Gasteiger partial charge in [-0.3, -0.25) is 9.78 Å². The van der Waals surface area contributed by atoms with Crippen molar-refractivity contribution >= 4 is 5.78 Å². The highest BCUT2D eigenvalue weighted by atomic mass is 16.1. The number of fused-ring (bicyclic) bond motifs is 1. The largest absolute Gasteiger partial charge is 0.330 e. The number of carbonyl (C=O) groups is 1. The van der Waals surface area contributed by atoms with Gasteiger partial charge in [-0.25, -0.2) is 0 Å². The van der Waals surface area contributed by atoms with Crippen LogP contribution in [0.1, 0.15) is 22.5 Å². The predicted octanol–water partition coefficient (Wildman–Crippen LogP) is 0.785. The maximum Gasteiger partial charge on any atom is 0.185 e. The molecule has 0 fully saturated rings. The molecule has 0 amide bonds. The van der Waals surface area contributed by atoms with Gasteiger partial charge in [0.05, 0.1) is 0 Å². The third kappa shape index (κ3) is 1.35. The van der Waals surface area contributed by atoms with Crippen LogP contribution in [-0.4, -0.2) is 17.3 Å². The van der Waals surface area contributed by atoms with Crippen molar-refractivity contribution in [3.05, 3.63) is 29.6 Å². The van der Waals surface area contributed by atoms with Crippen LogP contribution >= 0.6 is 0 Å². The Morgan fingerprint density at radius 2 is 2.46 bits per heavy atom. The van der Waals surface area contributed by atoms with Crippen molar-refractivity contribution in [1.29, 1.82) is 0 Å². The highest BCUT2D eigenvalue weighted by Crippen LogP contribution is 2.22. The van der Waals surface area contributed by atoms with Crippen molar-refractivity contribution in [2.24, 2.45) is 11.7 Å². The van der Waals surface area contributed by atoms with Gasteiger partial charge in [-0.1, -0.05) is 6.07 Å². The summed E-state index contributed by atoms with van der Waals surface area (Å²) in [6.45, 7) is 0.439. The van der Waals surface area contributed by atoms with Crippen LogP contribution in [0.2, 0.25) is 0 Å². The van der Waals surface area contributed by atoms with Gasteiger partial charge >= 0.3 is 0 Å². The van der Waals surface area contributed by atoms with Crippen LogP contribution < -0.4 is 5.73 Å². The van der Waals surface area contributed by atoms with E-state index in [0.717, 1.165) is 18.4 Å². The smallest absolute Gasteiger partial charge is 0.185 e. The molecule has 0 bridgehead atoms. The fraction of sp³-hybridized carbons (Fsp3) is 0.400. The van der Waals surface area contributed by atoms with Gasteiger partial charge in [0, 0.05) is 18.7 Å². The number of hydrogen-bond acceptors (Lipinski definition) is 3. The van der Waals surface area contributed by atoms with E-state index in [2.05, 4.69) is 4.98 Å². The van der Waals surface area contributed by atoms with Gasteiger partial charge in [-0.15, -0.1) is 0 Å². The highest BCUT2D eigenvalue weighted by molar-refractivity contribution is 5.98. The van der Waals surface area contributed by atoms with E-state index in [1.807, 2.05) is 12.1 Å². The van der Waals surface area contributed by atoms with Crippen LogP contribution in [-0.2, 0) is 6.42 Å². The van der Waals surface area contributed by atoms with Crippen molar-refractivity contribution in [2.75, 3.05) is 6.54 Å². The topological polar surface area (TPSA) is 56.0 Å². The Morgan fingerprint density at radius 1 is 1.62 bits per heavy atom. The number of aryl methyl sites for hydroxylation is 1. The van der Waals surface area contributed by atoms with E-state index in [-0.39, 0.29) is 11.7 Å². The Balaban J connectivity index is 2.39. The molecule has 1 atom stereocenters. The summed E-state index contributed by atoms with van der Waals surface area (Å²) in [4.78, 5) is 15.8. The lowest BCUT2D eigenvalue weighted by Crippen LogP contribution is -2.29. The molecule has 0 aliphatic heterocycles. The normalized spacial score (nSPS) is 21.3. The first-order valence-electron chi connectivity index (χ1n) is 4.51. The Bertz CT molecular complexity index is 335. The summed E-state index contributed by atoms with van der Waals surface area (Å²) < 4.78 is 0. The molecule has 0 saturated heterocycles. The Hall–Kier alpha value is -1.22. The Labute approximate surface area is 77.0 Å². The zero-order chi connectivity index (χ0) is 9.26. The van der Waals surface area contributed by atoms with Gasteiger partial charge in [0.2, 0.25) is 0 Å². The van der Waals surface area contributed by atoms with E-state index in [4.69, 9.17) is 5.73 Å². The van der Waals surface area contributed by atoms with Gasteiger partial charge in [-0.05, 0) is 24.5 Å². The summed E-state index contributed by atoms with van der Waals surface area (Å²) in [5.74, 6) is 0.103. The average Bonchev–Trinajstić information content (AvgIpc) is 2.19. The van der Waals surface area contributed by atoms with Gasteiger partial charge in [0.25, 0.3) is 0 Å². The number of carbonyl (C=O) groups excluding carboxylic acids is 1. The molecule has 1 heterocycles. The third-order valence-corrected chi connectivity index (χ3v) is 2.54. The summed E-state index contributed by atoms with van der Waals surface area (Å²) in [5, 5.41) is 0. The zero-order valence-corrected chi connectivity index (χ0v) is 7.36. The first kappa shape index (κ1) is 8.38. The molecular formula is C10H12N2O. The monoisotopic (exact) mass is 176 g/mol. The van der Waals surface area contributed by atoms with Crippen LogP contribution in [0.3, 0.4) is 0 Å². The van der Waals surface area contributed by atoms with E-state index in [1.54, 1.807) is 6.20 Å². The van der Waals surface area contributed by atoms with Gasteiger partial charge in [-0.2, -0.15) is 0 Å². The second-order valence-electron chi connectivity index (χ2n) is 3.35. The molecule has 3 nitrogen and oxygen atoms in total. The van der Waals surface area contributed by atoms with Crippen LogP contribution in [0, 0.1) is 5.92 Å². The Kier molecular flexibility index (Phi) is 2.10. The zero-order valence-electron chi connectivity index (χ0n) is 7.36. The number of rotatable bonds is 1. The molecule has 1 aromatic rings. The molecular weight excluding hydrogens is 164 g/mol. The minimum absolute atomic E-state index is 0.0117. The molecule has 68 valence electrons. The van der Waals surface area contributed by atoms with Crippen LogP contribution in [0.15, 0.2) is 18.3 Å². The molecule has 2 rings (SSSR count). The first-order chi connectivity index (χ1) is 6.33. The van der Waals surface area contributed by atoms with E-state index in [0.29, 0.717) is 12.2 Å². The quantitative estimate of drug-likeness (QED) is 0.688. The highest BCUT2D eigenvalue weighted by Gasteiger charge is 2.26. The standard InChI is InChI=1S/C10H12N2O/c11-6-8-4-3-7-2-1-5-12-9(7)10(8)13/h1-2,5,8H,3-4,6,11H2. The molecule has 0 aromatic carbocycles. The van der Waals surface area contributed by atoms with Crippen molar-refractivity contribution < 1.29 is 4.79 Å². The van der Waals surface area contributed by atoms with Crippen LogP contribution in [0.5, 0.6) is 0 Å². The lowest BCUT2D eigenvalue weighted by Gasteiger charge is -2.20. The number of nitrogens with zero attached hydrogens (tertiary/aromatic N) is 1. The average molecular weight is 176 g/mol. The maximum atomic E-state index is 11.7. The molecule has 0 spiro atoms. The van der Waals surface area contributed by atoms with Gasteiger partial charge < -0.3 is 5.73 Å². The first-order valence-corrected chi connectivity index (χ1v) is 4.51. The van der Waals surface area contributed by atoms with E-state index in [9.17, 15) is 4.79 Å². The number of pyridine rings is 1. The number of aromatic nitrogens is 1. The summed E-state index contributed by atoms with van der Waals surface area (Å²) in [7, 11) is 0. The minimum atomic E-state index is -0.0117. The SMILES string of the molecule is NCC1CCc2cccnc2C1=O. The molecule has 1 unspecified atom stereocenters. The van der Waals surface area contributed by atoms with Gasteiger partial charge in [0.15, 0.2) is 5.78 Å². The maximum absolute atomic E-state index is 11.7. The second-order valence-corrected chi connectivity index (χ2v) is 3.35. The predicted molar refractivity (Wildman–Crippen MR) is 49.4 cm³/mol. The number of ketones is 1. The van der Waals surface area contributed by atoms with Gasteiger partial charge in [0.1, 0.15) is 5.69 Å². The molecule has 1 aromatic heterocycles. The molecule has 3 heteroatoms. The fourth-order valence-corrected chi connectivity index (χ4v) is 1.74. The van der Waals surface area contributed by atoms with Crippen molar-refractivity contribution in [2.45, 2.75) is 12.8 Å². The second kappa shape index (κ2) is 3.26. The van der Waals surface area contributed by atoms with Crippen molar-refractivity contribution in [3.63, 3.8) is 0 Å². The van der Waals surface area contributed by atoms with Crippen molar-refractivity contribution in [1.82, 2.24) is 4.98 Å². The summed E-state index contributed by atoms with van der Waals surface area (Å²) in [5.41, 5.74) is 7.20. The van der Waals surface area contributed by atoms with E-state index in [1.165, 1.54) is 0 Å². The summed E-state index contributed by atoms with van der Waals surface area (Å²) in [6.07, 6.45) is 3.46. The molecule has 1 aliphatic carbocycles. The van der Waals surface area contributed by atoms with E-state index < -0.39 is 0 Å². The lowest BCUT2D eigenvalue weighted by molar-refractivity contribution is 0.0901. The van der Waals surface area contributed by atoms with Crippen LogP contribution in [0.4, 0.5) is 0 Å². The molecule has 0 saturated carbocycles.